The lowest BCUT2D eigenvalue weighted by Gasteiger charge is -2.28. The van der Waals surface area contributed by atoms with Crippen LogP contribution in [0.4, 0.5) is 0 Å². The molecule has 4 heteroatoms. The van der Waals surface area contributed by atoms with Crippen LogP contribution in [0.15, 0.2) is 24.3 Å². The maximum atomic E-state index is 6.10. The lowest BCUT2D eigenvalue weighted by Crippen LogP contribution is -2.41. The van der Waals surface area contributed by atoms with E-state index >= 15 is 0 Å². The summed E-state index contributed by atoms with van der Waals surface area (Å²) < 4.78 is 10.5. The van der Waals surface area contributed by atoms with Crippen LogP contribution in [0.2, 0.25) is 0 Å². The number of nitrogens with zero attached hydrogens (tertiary/aromatic N) is 1. The highest BCUT2D eigenvalue weighted by Crippen LogP contribution is 2.20. The minimum atomic E-state index is 0.153. The molecule has 114 valence electrons. The molecule has 0 saturated heterocycles. The summed E-state index contributed by atoms with van der Waals surface area (Å²) in [5.74, 6) is 0.955. The van der Waals surface area contributed by atoms with E-state index in [2.05, 4.69) is 31.0 Å². The van der Waals surface area contributed by atoms with Crippen LogP contribution < -0.4 is 10.5 Å². The first kappa shape index (κ1) is 17.0. The summed E-state index contributed by atoms with van der Waals surface area (Å²) >= 11 is 0. The molecule has 1 rings (SSSR count). The molecule has 0 fully saturated rings. The third-order valence-electron chi connectivity index (χ3n) is 3.68. The highest BCUT2D eigenvalue weighted by atomic mass is 16.5. The van der Waals surface area contributed by atoms with Gasteiger partial charge in [-0.2, -0.15) is 0 Å². The summed E-state index contributed by atoms with van der Waals surface area (Å²) in [7, 11) is 5.54. The zero-order valence-electron chi connectivity index (χ0n) is 13.1. The Labute approximate surface area is 122 Å². The number of rotatable bonds is 9. The molecule has 1 aromatic carbocycles. The van der Waals surface area contributed by atoms with Crippen molar-refractivity contribution in [2.24, 2.45) is 5.73 Å². The Hall–Kier alpha value is -1.10. The molecule has 20 heavy (non-hydrogen) atoms. The predicted octanol–water partition coefficient (Wildman–Crippen LogP) is 1.92. The number of nitrogens with two attached hydrogens (primary N) is 1. The molecular formula is C16H28N2O2. The van der Waals surface area contributed by atoms with E-state index in [1.807, 2.05) is 12.1 Å². The second-order valence-electron chi connectivity index (χ2n) is 5.35. The Balaban J connectivity index is 2.50. The van der Waals surface area contributed by atoms with E-state index < -0.39 is 0 Å². The van der Waals surface area contributed by atoms with E-state index in [0.29, 0.717) is 6.04 Å². The molecule has 2 unspecified atom stereocenters. The second kappa shape index (κ2) is 8.95. The topological polar surface area (TPSA) is 47.7 Å². The van der Waals surface area contributed by atoms with Gasteiger partial charge in [-0.05, 0) is 38.4 Å². The second-order valence-corrected chi connectivity index (χ2v) is 5.35. The molecule has 1 aromatic rings. The van der Waals surface area contributed by atoms with Crippen molar-refractivity contribution in [3.63, 3.8) is 0 Å². The van der Waals surface area contributed by atoms with E-state index in [-0.39, 0.29) is 6.04 Å². The standard InChI is InChI=1S/C16H28N2O2/c1-13(18(2)12-15(17)9-10-19-3)11-14-7-5-6-8-16(14)20-4/h5-8,13,15H,9-12,17H2,1-4H3. The maximum absolute atomic E-state index is 6.10. The van der Waals surface area contributed by atoms with Gasteiger partial charge in [-0.1, -0.05) is 18.2 Å². The van der Waals surface area contributed by atoms with Gasteiger partial charge >= 0.3 is 0 Å². The van der Waals surface area contributed by atoms with Gasteiger partial charge in [0.1, 0.15) is 5.75 Å². The fourth-order valence-corrected chi connectivity index (χ4v) is 2.26. The van der Waals surface area contributed by atoms with E-state index in [1.165, 1.54) is 5.56 Å². The fourth-order valence-electron chi connectivity index (χ4n) is 2.26. The predicted molar refractivity (Wildman–Crippen MR) is 83.3 cm³/mol. The van der Waals surface area contributed by atoms with Crippen molar-refractivity contribution < 1.29 is 9.47 Å². The zero-order valence-corrected chi connectivity index (χ0v) is 13.1. The Morgan fingerprint density at radius 3 is 2.60 bits per heavy atom. The first-order chi connectivity index (χ1) is 9.58. The Morgan fingerprint density at radius 2 is 1.95 bits per heavy atom. The van der Waals surface area contributed by atoms with Crippen LogP contribution in [0, 0.1) is 0 Å². The third-order valence-corrected chi connectivity index (χ3v) is 3.68. The quantitative estimate of drug-likeness (QED) is 0.751. The minimum Gasteiger partial charge on any atom is -0.496 e. The largest absolute Gasteiger partial charge is 0.496 e. The van der Waals surface area contributed by atoms with Gasteiger partial charge in [0.25, 0.3) is 0 Å². The van der Waals surface area contributed by atoms with Crippen LogP contribution in [0.1, 0.15) is 18.9 Å². The summed E-state index contributed by atoms with van der Waals surface area (Å²) in [5.41, 5.74) is 7.34. The lowest BCUT2D eigenvalue weighted by molar-refractivity contribution is 0.172. The van der Waals surface area contributed by atoms with Crippen LogP contribution in [0.5, 0.6) is 5.75 Å². The summed E-state index contributed by atoms with van der Waals surface area (Å²) in [4.78, 5) is 2.30. The Kier molecular flexibility index (Phi) is 7.59. The van der Waals surface area contributed by atoms with Gasteiger partial charge in [0.2, 0.25) is 0 Å². The third kappa shape index (κ3) is 5.49. The first-order valence-electron chi connectivity index (χ1n) is 7.15. The average molecular weight is 280 g/mol. The first-order valence-corrected chi connectivity index (χ1v) is 7.15. The fraction of sp³-hybridized carbons (Fsp3) is 0.625. The van der Waals surface area contributed by atoms with Crippen molar-refractivity contribution >= 4 is 0 Å². The van der Waals surface area contributed by atoms with Gasteiger partial charge in [0, 0.05) is 32.3 Å². The molecule has 2 atom stereocenters. The van der Waals surface area contributed by atoms with Crippen LogP contribution >= 0.6 is 0 Å². The molecule has 0 spiro atoms. The average Bonchev–Trinajstić information content (AvgIpc) is 2.45. The Bertz CT molecular complexity index is 384. The molecule has 0 saturated carbocycles. The van der Waals surface area contributed by atoms with Gasteiger partial charge in [0.05, 0.1) is 7.11 Å². The number of benzene rings is 1. The van der Waals surface area contributed by atoms with Crippen molar-refractivity contribution in [3.05, 3.63) is 29.8 Å². The van der Waals surface area contributed by atoms with Gasteiger partial charge in [-0.15, -0.1) is 0 Å². The van der Waals surface area contributed by atoms with Crippen molar-refractivity contribution in [1.82, 2.24) is 4.90 Å². The minimum absolute atomic E-state index is 0.153. The summed E-state index contributed by atoms with van der Waals surface area (Å²) in [5, 5.41) is 0. The maximum Gasteiger partial charge on any atom is 0.122 e. The van der Waals surface area contributed by atoms with Gasteiger partial charge in [-0.3, -0.25) is 0 Å². The van der Waals surface area contributed by atoms with Crippen molar-refractivity contribution in [3.8, 4) is 5.75 Å². The number of likely N-dealkylation sites (N-methyl/N-ethyl adjacent to an activating group) is 1. The normalized spacial score (nSPS) is 14.3. The highest BCUT2D eigenvalue weighted by Gasteiger charge is 2.15. The monoisotopic (exact) mass is 280 g/mol. The number of methoxy groups -OCH3 is 2. The molecule has 0 aliphatic carbocycles. The molecule has 0 aromatic heterocycles. The van der Waals surface area contributed by atoms with Crippen LogP contribution in [-0.2, 0) is 11.2 Å². The summed E-state index contributed by atoms with van der Waals surface area (Å²) in [6, 6.07) is 8.74. The summed E-state index contributed by atoms with van der Waals surface area (Å²) in [6.07, 6.45) is 1.85. The van der Waals surface area contributed by atoms with Gasteiger partial charge in [-0.25, -0.2) is 0 Å². The number of hydrogen-bond donors (Lipinski definition) is 1. The van der Waals surface area contributed by atoms with E-state index in [0.717, 1.165) is 31.7 Å². The van der Waals surface area contributed by atoms with Crippen molar-refractivity contribution in [1.29, 1.82) is 0 Å². The van der Waals surface area contributed by atoms with E-state index in [4.69, 9.17) is 15.2 Å². The highest BCUT2D eigenvalue weighted by molar-refractivity contribution is 5.33. The number of para-hydroxylation sites is 1. The zero-order chi connectivity index (χ0) is 15.0. The molecule has 0 amide bonds. The molecule has 0 aliphatic heterocycles. The molecule has 0 heterocycles. The SMILES string of the molecule is COCCC(N)CN(C)C(C)Cc1ccccc1OC. The molecule has 2 N–H and O–H groups in total. The van der Waals surface area contributed by atoms with Crippen LogP contribution in [0.3, 0.4) is 0 Å². The van der Waals surface area contributed by atoms with Crippen molar-refractivity contribution in [2.75, 3.05) is 34.4 Å². The molecule has 0 aliphatic rings. The van der Waals surface area contributed by atoms with Crippen LogP contribution in [-0.4, -0.2) is 51.4 Å². The molecule has 0 bridgehead atoms. The van der Waals surface area contributed by atoms with Gasteiger partial charge < -0.3 is 20.1 Å². The smallest absolute Gasteiger partial charge is 0.122 e. The molecular weight excluding hydrogens is 252 g/mol. The Morgan fingerprint density at radius 1 is 1.25 bits per heavy atom. The molecule has 4 nitrogen and oxygen atoms in total. The molecule has 0 radical (unpaired) electrons. The number of hydrogen-bond acceptors (Lipinski definition) is 4. The summed E-state index contributed by atoms with van der Waals surface area (Å²) in [6.45, 7) is 3.81. The lowest BCUT2D eigenvalue weighted by atomic mass is 10.0. The van der Waals surface area contributed by atoms with Gasteiger partial charge in [0.15, 0.2) is 0 Å². The van der Waals surface area contributed by atoms with E-state index in [1.54, 1.807) is 14.2 Å². The van der Waals surface area contributed by atoms with Crippen LogP contribution in [0.25, 0.3) is 0 Å². The van der Waals surface area contributed by atoms with E-state index in [9.17, 15) is 0 Å². The van der Waals surface area contributed by atoms with Crippen molar-refractivity contribution in [2.45, 2.75) is 31.8 Å². The number of ether oxygens (including phenoxy) is 2.